The minimum absolute atomic E-state index is 0.157. The van der Waals surface area contributed by atoms with E-state index in [1.54, 1.807) is 12.1 Å². The van der Waals surface area contributed by atoms with Crippen molar-refractivity contribution in [2.45, 2.75) is 47.0 Å². The zero-order chi connectivity index (χ0) is 15.2. The van der Waals surface area contributed by atoms with E-state index in [-0.39, 0.29) is 16.3 Å². The molecule has 1 aromatic rings. The van der Waals surface area contributed by atoms with Gasteiger partial charge in [0, 0.05) is 6.54 Å². The van der Waals surface area contributed by atoms with Gasteiger partial charge in [-0.15, -0.1) is 0 Å². The summed E-state index contributed by atoms with van der Waals surface area (Å²) in [6, 6.07) is 5.15. The van der Waals surface area contributed by atoms with Gasteiger partial charge in [-0.05, 0) is 48.4 Å². The molecule has 20 heavy (non-hydrogen) atoms. The quantitative estimate of drug-likeness (QED) is 0.706. The second-order valence-electron chi connectivity index (χ2n) is 6.51. The van der Waals surface area contributed by atoms with E-state index in [4.69, 9.17) is 11.6 Å². The molecule has 0 spiro atoms. The van der Waals surface area contributed by atoms with Gasteiger partial charge >= 0.3 is 0 Å². The Bertz CT molecular complexity index is 419. The molecule has 1 unspecified atom stereocenters. The van der Waals surface area contributed by atoms with Crippen LogP contribution in [0.3, 0.4) is 0 Å². The Kier molecular flexibility index (Phi) is 6.97. The van der Waals surface area contributed by atoms with Crippen LogP contribution in [0.15, 0.2) is 18.2 Å². The van der Waals surface area contributed by atoms with Crippen LogP contribution in [-0.4, -0.2) is 13.1 Å². The van der Waals surface area contributed by atoms with Crippen LogP contribution in [0.1, 0.15) is 46.1 Å². The van der Waals surface area contributed by atoms with Gasteiger partial charge < -0.3 is 5.32 Å². The summed E-state index contributed by atoms with van der Waals surface area (Å²) in [5.41, 5.74) is 1.18. The number of hydrogen-bond acceptors (Lipinski definition) is 1. The highest BCUT2D eigenvalue weighted by atomic mass is 35.5. The molecular formula is C17H27ClFN. The summed E-state index contributed by atoms with van der Waals surface area (Å²) < 4.78 is 13.6. The lowest BCUT2D eigenvalue weighted by molar-refractivity contribution is 0.270. The second kappa shape index (κ2) is 7.99. The molecule has 1 rings (SSSR count). The van der Waals surface area contributed by atoms with E-state index < -0.39 is 0 Å². The molecule has 1 nitrogen and oxygen atoms in total. The van der Waals surface area contributed by atoms with Gasteiger partial charge in [0.2, 0.25) is 0 Å². The highest BCUT2D eigenvalue weighted by molar-refractivity contribution is 6.30. The minimum Gasteiger partial charge on any atom is -0.316 e. The Hall–Kier alpha value is -0.600. The molecule has 0 fully saturated rings. The van der Waals surface area contributed by atoms with Crippen LogP contribution in [0.4, 0.5) is 4.39 Å². The topological polar surface area (TPSA) is 12.0 Å². The maximum absolute atomic E-state index is 13.6. The van der Waals surface area contributed by atoms with Crippen LogP contribution >= 0.6 is 11.6 Å². The van der Waals surface area contributed by atoms with Gasteiger partial charge in [0.05, 0.1) is 5.02 Å². The van der Waals surface area contributed by atoms with Crippen LogP contribution in [0, 0.1) is 17.2 Å². The standard InChI is InChI=1S/C17H27ClFN/c1-5-8-17(4,12-20-11-13(2)3)10-14-6-7-15(18)16(19)9-14/h6-7,9,13,20H,5,8,10-12H2,1-4H3. The first kappa shape index (κ1) is 17.5. The first-order chi connectivity index (χ1) is 9.36. The Labute approximate surface area is 127 Å². The largest absolute Gasteiger partial charge is 0.316 e. The molecular weight excluding hydrogens is 273 g/mol. The van der Waals surface area contributed by atoms with Crippen molar-refractivity contribution in [1.29, 1.82) is 0 Å². The number of hydrogen-bond donors (Lipinski definition) is 1. The summed E-state index contributed by atoms with van der Waals surface area (Å²) in [6.45, 7) is 10.9. The molecule has 1 aromatic carbocycles. The minimum atomic E-state index is -0.321. The molecule has 114 valence electrons. The number of nitrogens with one attached hydrogen (secondary N) is 1. The Morgan fingerprint density at radius 3 is 2.60 bits per heavy atom. The lowest BCUT2D eigenvalue weighted by Gasteiger charge is -2.30. The maximum Gasteiger partial charge on any atom is 0.142 e. The summed E-state index contributed by atoms with van der Waals surface area (Å²) in [4.78, 5) is 0. The fraction of sp³-hybridized carbons (Fsp3) is 0.647. The predicted octanol–water partition coefficient (Wildman–Crippen LogP) is 5.07. The van der Waals surface area contributed by atoms with E-state index in [0.29, 0.717) is 5.92 Å². The van der Waals surface area contributed by atoms with E-state index >= 15 is 0 Å². The summed E-state index contributed by atoms with van der Waals surface area (Å²) in [7, 11) is 0. The molecule has 0 aliphatic carbocycles. The van der Waals surface area contributed by atoms with Gasteiger partial charge in [-0.25, -0.2) is 4.39 Å². The Morgan fingerprint density at radius 2 is 2.05 bits per heavy atom. The highest BCUT2D eigenvalue weighted by Crippen LogP contribution is 2.29. The smallest absolute Gasteiger partial charge is 0.142 e. The summed E-state index contributed by atoms with van der Waals surface area (Å²) in [6.07, 6.45) is 3.14. The van der Waals surface area contributed by atoms with E-state index in [9.17, 15) is 4.39 Å². The molecule has 3 heteroatoms. The van der Waals surface area contributed by atoms with Crippen LogP contribution in [0.5, 0.6) is 0 Å². The van der Waals surface area contributed by atoms with Crippen molar-refractivity contribution >= 4 is 11.6 Å². The van der Waals surface area contributed by atoms with Crippen molar-refractivity contribution in [2.75, 3.05) is 13.1 Å². The molecule has 0 aromatic heterocycles. The molecule has 0 aliphatic rings. The highest BCUT2D eigenvalue weighted by Gasteiger charge is 2.24. The molecule has 0 saturated carbocycles. The second-order valence-corrected chi connectivity index (χ2v) is 6.92. The van der Waals surface area contributed by atoms with Crippen molar-refractivity contribution in [2.24, 2.45) is 11.3 Å². The van der Waals surface area contributed by atoms with E-state index in [0.717, 1.165) is 37.9 Å². The van der Waals surface area contributed by atoms with Gasteiger partial charge in [-0.3, -0.25) is 0 Å². The van der Waals surface area contributed by atoms with Gasteiger partial charge in [-0.1, -0.05) is 51.8 Å². The van der Waals surface area contributed by atoms with Gasteiger partial charge in [0.25, 0.3) is 0 Å². The Balaban J connectivity index is 2.71. The van der Waals surface area contributed by atoms with Gasteiger partial charge in [-0.2, -0.15) is 0 Å². The number of halogens is 2. The molecule has 0 bridgehead atoms. The molecule has 0 amide bonds. The zero-order valence-corrected chi connectivity index (χ0v) is 13.9. The van der Waals surface area contributed by atoms with Crippen molar-refractivity contribution in [1.82, 2.24) is 5.32 Å². The fourth-order valence-electron chi connectivity index (χ4n) is 2.65. The van der Waals surface area contributed by atoms with E-state index in [2.05, 4.69) is 33.0 Å². The molecule has 0 aliphatic heterocycles. The molecule has 1 N–H and O–H groups in total. The normalized spacial score (nSPS) is 14.6. The maximum atomic E-state index is 13.6. The first-order valence-corrected chi connectivity index (χ1v) is 7.89. The van der Waals surface area contributed by atoms with E-state index in [1.165, 1.54) is 0 Å². The SMILES string of the molecule is CCCC(C)(CNCC(C)C)Cc1ccc(Cl)c(F)c1. The lowest BCUT2D eigenvalue weighted by Crippen LogP contribution is -2.35. The van der Waals surface area contributed by atoms with Crippen LogP contribution in [0.2, 0.25) is 5.02 Å². The number of rotatable bonds is 8. The monoisotopic (exact) mass is 299 g/mol. The van der Waals surface area contributed by atoms with Crippen molar-refractivity contribution in [3.63, 3.8) is 0 Å². The molecule has 0 saturated heterocycles. The third-order valence-corrected chi connectivity index (χ3v) is 3.88. The summed E-state index contributed by atoms with van der Waals surface area (Å²) >= 11 is 5.74. The average molecular weight is 300 g/mol. The molecule has 0 radical (unpaired) electrons. The predicted molar refractivity (Wildman–Crippen MR) is 85.8 cm³/mol. The first-order valence-electron chi connectivity index (χ1n) is 7.51. The summed E-state index contributed by atoms with van der Waals surface area (Å²) in [5.74, 6) is 0.326. The third kappa shape index (κ3) is 5.80. The van der Waals surface area contributed by atoms with Gasteiger partial charge in [0.15, 0.2) is 0 Å². The van der Waals surface area contributed by atoms with Gasteiger partial charge in [0.1, 0.15) is 5.82 Å². The Morgan fingerprint density at radius 1 is 1.35 bits per heavy atom. The van der Waals surface area contributed by atoms with Crippen molar-refractivity contribution < 1.29 is 4.39 Å². The van der Waals surface area contributed by atoms with E-state index in [1.807, 2.05) is 6.07 Å². The lowest BCUT2D eigenvalue weighted by atomic mass is 9.79. The fourth-order valence-corrected chi connectivity index (χ4v) is 2.77. The van der Waals surface area contributed by atoms with Crippen LogP contribution in [-0.2, 0) is 6.42 Å². The third-order valence-electron chi connectivity index (χ3n) is 3.57. The van der Waals surface area contributed by atoms with Crippen molar-refractivity contribution in [3.05, 3.63) is 34.6 Å². The summed E-state index contributed by atoms with van der Waals surface area (Å²) in [5, 5.41) is 3.73. The molecule has 1 atom stereocenters. The van der Waals surface area contributed by atoms with Crippen LogP contribution in [0.25, 0.3) is 0 Å². The van der Waals surface area contributed by atoms with Crippen molar-refractivity contribution in [3.8, 4) is 0 Å². The van der Waals surface area contributed by atoms with Crippen LogP contribution < -0.4 is 5.32 Å². The zero-order valence-electron chi connectivity index (χ0n) is 13.1. The molecule has 0 heterocycles. The average Bonchev–Trinajstić information content (AvgIpc) is 2.33. The number of benzene rings is 1.